The Balaban J connectivity index is 2.06. The Morgan fingerprint density at radius 3 is 2.73 bits per heavy atom. The second kappa shape index (κ2) is 5.51. The van der Waals surface area contributed by atoms with Crippen molar-refractivity contribution >= 4 is 5.91 Å². The third-order valence-electron chi connectivity index (χ3n) is 3.71. The zero-order valence-electron chi connectivity index (χ0n) is 12.5. The van der Waals surface area contributed by atoms with Crippen LogP contribution in [-0.4, -0.2) is 21.7 Å². The second-order valence-electron chi connectivity index (χ2n) is 5.77. The summed E-state index contributed by atoms with van der Waals surface area (Å²) in [4.78, 5) is 12.3. The third kappa shape index (κ3) is 2.49. The van der Waals surface area contributed by atoms with Crippen molar-refractivity contribution in [2.45, 2.75) is 39.2 Å². The van der Waals surface area contributed by atoms with Gasteiger partial charge in [0, 0.05) is 23.4 Å². The molecule has 1 N–H and O–H groups in total. The van der Waals surface area contributed by atoms with Crippen molar-refractivity contribution in [3.8, 4) is 5.69 Å². The van der Waals surface area contributed by atoms with Crippen molar-refractivity contribution in [3.63, 3.8) is 0 Å². The van der Waals surface area contributed by atoms with Crippen LogP contribution in [0.15, 0.2) is 18.2 Å². The maximum Gasteiger partial charge on any atom is 0.272 e. The monoisotopic (exact) mass is 305 g/mol. The van der Waals surface area contributed by atoms with Crippen molar-refractivity contribution in [2.75, 3.05) is 0 Å². The number of carbonyl (C=O) groups is 1. The van der Waals surface area contributed by atoms with Gasteiger partial charge in [-0.25, -0.2) is 13.5 Å². The molecule has 0 aliphatic heterocycles. The van der Waals surface area contributed by atoms with E-state index in [1.54, 1.807) is 4.68 Å². The van der Waals surface area contributed by atoms with Crippen molar-refractivity contribution in [2.24, 2.45) is 0 Å². The van der Waals surface area contributed by atoms with E-state index in [4.69, 9.17) is 0 Å². The van der Waals surface area contributed by atoms with Gasteiger partial charge >= 0.3 is 0 Å². The quantitative estimate of drug-likeness (QED) is 0.948. The largest absolute Gasteiger partial charge is 0.348 e. The fraction of sp³-hybridized carbons (Fsp3) is 0.375. The number of benzene rings is 1. The van der Waals surface area contributed by atoms with Gasteiger partial charge in [-0.05, 0) is 45.2 Å². The summed E-state index contributed by atoms with van der Waals surface area (Å²) in [5.41, 5.74) is 2.62. The van der Waals surface area contributed by atoms with Crippen molar-refractivity contribution in [3.05, 3.63) is 46.8 Å². The van der Waals surface area contributed by atoms with Crippen LogP contribution in [0.2, 0.25) is 0 Å². The second-order valence-corrected chi connectivity index (χ2v) is 5.77. The Morgan fingerprint density at radius 1 is 1.27 bits per heavy atom. The summed E-state index contributed by atoms with van der Waals surface area (Å²) in [6.07, 6.45) is 2.48. The van der Waals surface area contributed by atoms with Crippen molar-refractivity contribution < 1.29 is 13.6 Å². The normalized spacial score (nSPS) is 13.5. The standard InChI is InChI=1S/C16H17F2N3O/c1-9(2)19-16(22)15-11-4-3-5-14(11)21(20-15)10-6-7-12(17)13(18)8-10/h6-9H,3-5H2,1-2H3,(H,19,22). The highest BCUT2D eigenvalue weighted by Crippen LogP contribution is 2.28. The fourth-order valence-corrected chi connectivity index (χ4v) is 2.78. The van der Waals surface area contributed by atoms with E-state index in [2.05, 4.69) is 10.4 Å². The van der Waals surface area contributed by atoms with E-state index in [0.717, 1.165) is 42.7 Å². The van der Waals surface area contributed by atoms with Crippen LogP contribution in [0, 0.1) is 11.6 Å². The average Bonchev–Trinajstić information content (AvgIpc) is 3.02. The first-order chi connectivity index (χ1) is 10.5. The van der Waals surface area contributed by atoms with Gasteiger partial charge in [-0.2, -0.15) is 5.10 Å². The minimum absolute atomic E-state index is 0.0120. The SMILES string of the molecule is CC(C)NC(=O)c1nn(-c2ccc(F)c(F)c2)c2c1CCC2. The molecule has 1 aliphatic carbocycles. The number of amides is 1. The highest BCUT2D eigenvalue weighted by Gasteiger charge is 2.27. The highest BCUT2D eigenvalue weighted by molar-refractivity contribution is 5.94. The topological polar surface area (TPSA) is 46.9 Å². The fourth-order valence-electron chi connectivity index (χ4n) is 2.78. The molecule has 3 rings (SSSR count). The number of nitrogens with zero attached hydrogens (tertiary/aromatic N) is 2. The molecule has 1 aromatic carbocycles. The maximum absolute atomic E-state index is 13.5. The van der Waals surface area contributed by atoms with Crippen LogP contribution in [0.3, 0.4) is 0 Å². The Morgan fingerprint density at radius 2 is 2.05 bits per heavy atom. The van der Waals surface area contributed by atoms with Crippen LogP contribution in [0.25, 0.3) is 5.69 Å². The molecule has 1 aliphatic rings. The molecule has 0 spiro atoms. The zero-order chi connectivity index (χ0) is 15.9. The Kier molecular flexibility index (Phi) is 3.68. The van der Waals surface area contributed by atoms with Gasteiger partial charge in [0.15, 0.2) is 17.3 Å². The van der Waals surface area contributed by atoms with Gasteiger partial charge < -0.3 is 5.32 Å². The van der Waals surface area contributed by atoms with Gasteiger partial charge in [0.05, 0.1) is 5.69 Å². The van der Waals surface area contributed by atoms with Crippen molar-refractivity contribution in [1.29, 1.82) is 0 Å². The predicted octanol–water partition coefficient (Wildman–Crippen LogP) is 2.78. The molecule has 0 saturated carbocycles. The van der Waals surface area contributed by atoms with Crippen LogP contribution >= 0.6 is 0 Å². The minimum atomic E-state index is -0.923. The summed E-state index contributed by atoms with van der Waals surface area (Å²) in [6, 6.07) is 3.65. The highest BCUT2D eigenvalue weighted by atomic mass is 19.2. The van der Waals surface area contributed by atoms with E-state index in [-0.39, 0.29) is 11.9 Å². The maximum atomic E-state index is 13.5. The Hall–Kier alpha value is -2.24. The number of fused-ring (bicyclic) bond motifs is 1. The van der Waals surface area contributed by atoms with Gasteiger partial charge in [0.1, 0.15) is 0 Å². The smallest absolute Gasteiger partial charge is 0.272 e. The molecule has 2 aromatic rings. The first-order valence-corrected chi connectivity index (χ1v) is 7.34. The third-order valence-corrected chi connectivity index (χ3v) is 3.71. The van der Waals surface area contributed by atoms with Gasteiger partial charge in [-0.3, -0.25) is 4.79 Å². The molecular formula is C16H17F2N3O. The molecule has 0 fully saturated rings. The van der Waals surface area contributed by atoms with Crippen LogP contribution in [0.1, 0.15) is 42.0 Å². The molecule has 0 atom stereocenters. The first-order valence-electron chi connectivity index (χ1n) is 7.34. The summed E-state index contributed by atoms with van der Waals surface area (Å²) in [7, 11) is 0. The molecule has 0 unspecified atom stereocenters. The van der Waals surface area contributed by atoms with Crippen LogP contribution in [-0.2, 0) is 12.8 Å². The molecular weight excluding hydrogens is 288 g/mol. The summed E-state index contributed by atoms with van der Waals surface area (Å²) in [5.74, 6) is -2.05. The van der Waals surface area contributed by atoms with Gasteiger partial charge in [-0.1, -0.05) is 0 Å². The lowest BCUT2D eigenvalue weighted by Gasteiger charge is -2.07. The molecule has 0 bridgehead atoms. The first kappa shape index (κ1) is 14.7. The van der Waals surface area contributed by atoms with Gasteiger partial charge in [0.2, 0.25) is 0 Å². The number of nitrogens with one attached hydrogen (secondary N) is 1. The van der Waals surface area contributed by atoms with E-state index in [1.165, 1.54) is 6.07 Å². The van der Waals surface area contributed by atoms with E-state index in [1.807, 2.05) is 13.8 Å². The molecule has 4 nitrogen and oxygen atoms in total. The molecule has 0 saturated heterocycles. The number of halogens is 2. The lowest BCUT2D eigenvalue weighted by Crippen LogP contribution is -2.31. The lowest BCUT2D eigenvalue weighted by atomic mass is 10.2. The molecule has 1 amide bonds. The van der Waals surface area contributed by atoms with Crippen LogP contribution < -0.4 is 5.32 Å². The number of hydrogen-bond donors (Lipinski definition) is 1. The molecule has 1 heterocycles. The zero-order valence-corrected chi connectivity index (χ0v) is 12.5. The average molecular weight is 305 g/mol. The predicted molar refractivity (Wildman–Crippen MR) is 78.1 cm³/mol. The molecule has 6 heteroatoms. The van der Waals surface area contributed by atoms with E-state index < -0.39 is 11.6 Å². The van der Waals surface area contributed by atoms with Crippen LogP contribution in [0.5, 0.6) is 0 Å². The number of hydrogen-bond acceptors (Lipinski definition) is 2. The van der Waals surface area contributed by atoms with E-state index in [0.29, 0.717) is 11.4 Å². The molecule has 1 aromatic heterocycles. The number of aromatic nitrogens is 2. The Bertz CT molecular complexity index is 737. The van der Waals surface area contributed by atoms with E-state index in [9.17, 15) is 13.6 Å². The summed E-state index contributed by atoms with van der Waals surface area (Å²) in [6.45, 7) is 3.76. The summed E-state index contributed by atoms with van der Waals surface area (Å²) >= 11 is 0. The van der Waals surface area contributed by atoms with Crippen LogP contribution in [0.4, 0.5) is 8.78 Å². The summed E-state index contributed by atoms with van der Waals surface area (Å²) in [5, 5.41) is 7.17. The Labute approximate surface area is 127 Å². The minimum Gasteiger partial charge on any atom is -0.348 e. The molecule has 22 heavy (non-hydrogen) atoms. The van der Waals surface area contributed by atoms with Gasteiger partial charge in [0.25, 0.3) is 5.91 Å². The van der Waals surface area contributed by atoms with Crippen molar-refractivity contribution in [1.82, 2.24) is 15.1 Å². The van der Waals surface area contributed by atoms with E-state index >= 15 is 0 Å². The lowest BCUT2D eigenvalue weighted by molar-refractivity contribution is 0.0936. The number of rotatable bonds is 3. The number of carbonyl (C=O) groups excluding carboxylic acids is 1. The molecule has 116 valence electrons. The van der Waals surface area contributed by atoms with Gasteiger partial charge in [-0.15, -0.1) is 0 Å². The molecule has 0 radical (unpaired) electrons. The summed E-state index contributed by atoms with van der Waals surface area (Å²) < 4.78 is 28.1.